The maximum absolute atomic E-state index is 11.7. The van der Waals surface area contributed by atoms with Gasteiger partial charge in [-0.3, -0.25) is 0 Å². The van der Waals surface area contributed by atoms with Gasteiger partial charge in [0.05, 0.1) is 0 Å². The van der Waals surface area contributed by atoms with Crippen molar-refractivity contribution in [3.63, 3.8) is 0 Å². The molecule has 0 amide bonds. The summed E-state index contributed by atoms with van der Waals surface area (Å²) in [7, 11) is 0. The summed E-state index contributed by atoms with van der Waals surface area (Å²) < 4.78 is 35.1. The third-order valence-corrected chi connectivity index (χ3v) is 1.66. The second-order valence-corrected chi connectivity index (χ2v) is 2.92. The zero-order valence-electron chi connectivity index (χ0n) is 6.44. The molecule has 0 aliphatic rings. The summed E-state index contributed by atoms with van der Waals surface area (Å²) in [5.74, 6) is 0. The molecule has 0 saturated carbocycles. The Kier molecular flexibility index (Phi) is 7.09. The molecule has 6 heteroatoms. The third kappa shape index (κ3) is 7.53. The van der Waals surface area contributed by atoms with Crippen molar-refractivity contribution in [2.45, 2.75) is 10.4 Å². The topological polar surface area (TPSA) is 0 Å². The molecule has 0 radical (unpaired) electrons. The van der Waals surface area contributed by atoms with E-state index < -0.39 is 5.51 Å². The predicted octanol–water partition coefficient (Wildman–Crippen LogP) is 3.94. The van der Waals surface area contributed by atoms with Gasteiger partial charge in [0.15, 0.2) is 0 Å². The van der Waals surface area contributed by atoms with Crippen LogP contribution in [0.15, 0.2) is 29.2 Å². The van der Waals surface area contributed by atoms with Crippen molar-refractivity contribution in [3.05, 3.63) is 30.3 Å². The van der Waals surface area contributed by atoms with E-state index >= 15 is 0 Å². The minimum absolute atomic E-state index is 0.119. The fraction of sp³-hybridized carbons (Fsp3) is 0.143. The molecule has 68 valence electrons. The van der Waals surface area contributed by atoms with Gasteiger partial charge in [0.25, 0.3) is 0 Å². The molecule has 0 unspecified atom stereocenters. The van der Waals surface area contributed by atoms with Gasteiger partial charge in [-0.15, -0.1) is 0 Å². The van der Waals surface area contributed by atoms with Crippen LogP contribution in [0.1, 0.15) is 0 Å². The first-order valence-corrected chi connectivity index (χ1v) is 10.8. The fourth-order valence-electron chi connectivity index (χ4n) is 0.573. The first-order chi connectivity index (χ1) is 6.08. The van der Waals surface area contributed by atoms with Crippen molar-refractivity contribution in [1.82, 2.24) is 0 Å². The van der Waals surface area contributed by atoms with Crippen LogP contribution in [0.4, 0.5) is 13.2 Å². The number of benzene rings is 1. The van der Waals surface area contributed by atoms with Gasteiger partial charge in [0, 0.05) is 0 Å². The van der Waals surface area contributed by atoms with Crippen LogP contribution in [0.5, 0.6) is 0 Å². The summed E-state index contributed by atoms with van der Waals surface area (Å²) in [6, 6.07) is 8.29. The molecule has 0 fully saturated rings. The molecule has 1 aromatic carbocycles. The van der Waals surface area contributed by atoms with Gasteiger partial charge in [0.2, 0.25) is 0 Å². The van der Waals surface area contributed by atoms with Crippen LogP contribution in [-0.2, 0) is 16.3 Å². The van der Waals surface area contributed by atoms with Crippen LogP contribution < -0.4 is 0 Å². The molecule has 0 saturated heterocycles. The van der Waals surface area contributed by atoms with Gasteiger partial charge in [-0.2, -0.15) is 43.5 Å². The molecule has 1 rings (SSSR count). The van der Waals surface area contributed by atoms with Gasteiger partial charge in [-0.1, -0.05) is 4.90 Å². The maximum atomic E-state index is 11.7. The van der Waals surface area contributed by atoms with E-state index in [1.807, 2.05) is 0 Å². The molecule has 0 atom stereocenters. The molecule has 0 N–H and O–H groups in total. The van der Waals surface area contributed by atoms with Crippen molar-refractivity contribution >= 4 is 25.4 Å². The number of halogens is 4. The van der Waals surface area contributed by atoms with Crippen LogP contribution >= 0.6 is 25.4 Å². The van der Waals surface area contributed by atoms with Crippen LogP contribution in [0.2, 0.25) is 0 Å². The molecule has 0 aliphatic carbocycles. The minimum atomic E-state index is -4.19. The molecule has 0 spiro atoms. The number of hydrogen-bond acceptors (Lipinski definition) is 1. The molecular formula is C7H4BrF3SZn. The van der Waals surface area contributed by atoms with E-state index in [0.717, 1.165) is 0 Å². The van der Waals surface area contributed by atoms with E-state index in [9.17, 15) is 13.2 Å². The number of alkyl halides is 3. The van der Waals surface area contributed by atoms with Crippen molar-refractivity contribution in [2.75, 3.05) is 0 Å². The molecule has 0 aliphatic heterocycles. The SMILES string of the molecule is FC(F)(F)Sc1cc[c-]cc1.[Zn+][Br]. The van der Waals surface area contributed by atoms with Crippen molar-refractivity contribution < 1.29 is 29.5 Å². The Morgan fingerprint density at radius 1 is 1.23 bits per heavy atom. The van der Waals surface area contributed by atoms with Crippen molar-refractivity contribution in [2.24, 2.45) is 0 Å². The number of rotatable bonds is 1. The number of hydrogen-bond donors (Lipinski definition) is 0. The molecule has 0 nitrogen and oxygen atoms in total. The van der Waals surface area contributed by atoms with E-state index in [0.29, 0.717) is 0 Å². The van der Waals surface area contributed by atoms with Gasteiger partial charge < -0.3 is 0 Å². The van der Waals surface area contributed by atoms with Gasteiger partial charge in [0.1, 0.15) is 0 Å². The van der Waals surface area contributed by atoms with Gasteiger partial charge in [-0.25, -0.2) is 0 Å². The average molecular weight is 322 g/mol. The van der Waals surface area contributed by atoms with Crippen molar-refractivity contribution in [3.8, 4) is 0 Å². The molecule has 0 heterocycles. The predicted molar refractivity (Wildman–Crippen MR) is 46.1 cm³/mol. The second-order valence-electron chi connectivity index (χ2n) is 1.78. The Morgan fingerprint density at radius 3 is 2.08 bits per heavy atom. The summed E-state index contributed by atoms with van der Waals surface area (Å²) in [6.45, 7) is 0. The standard InChI is InChI=1S/C7H4F3S.BrH.Zn/c8-7(9,10)11-6-4-2-1-3-5-6;;/h2-5H;1H;/q-1;;+2/p-1. The Balaban J connectivity index is 0.000000671. The molecule has 0 bridgehead atoms. The molecule has 0 aromatic heterocycles. The van der Waals surface area contributed by atoms with E-state index in [1.54, 1.807) is 0 Å². The second kappa shape index (κ2) is 6.85. The molecule has 1 aromatic rings. The average Bonchev–Trinajstić information content (AvgIpc) is 2.07. The summed E-state index contributed by atoms with van der Waals surface area (Å²) in [6.07, 6.45) is 0. The van der Waals surface area contributed by atoms with Crippen LogP contribution in [0.3, 0.4) is 0 Å². The van der Waals surface area contributed by atoms with E-state index in [2.05, 4.69) is 19.7 Å². The van der Waals surface area contributed by atoms with E-state index in [4.69, 9.17) is 0 Å². The summed E-state index contributed by atoms with van der Waals surface area (Å²) >= 11 is 4.13. The zero-order valence-corrected chi connectivity index (χ0v) is 11.8. The van der Waals surface area contributed by atoms with Crippen LogP contribution in [0, 0.1) is 6.07 Å². The Labute approximate surface area is 95.3 Å². The van der Waals surface area contributed by atoms with Crippen LogP contribution in [0.25, 0.3) is 0 Å². The number of thioether (sulfide) groups is 1. The first-order valence-electron chi connectivity index (χ1n) is 3.06. The Hall–Kier alpha value is 0.463. The molecular weight excluding hydrogens is 318 g/mol. The summed E-state index contributed by atoms with van der Waals surface area (Å²) in [5.41, 5.74) is -4.19. The fourth-order valence-corrected chi connectivity index (χ4v) is 1.11. The third-order valence-electron chi connectivity index (χ3n) is 0.921. The normalized spacial score (nSPS) is 10.3. The van der Waals surface area contributed by atoms with Gasteiger partial charge >= 0.3 is 35.5 Å². The molecule has 13 heavy (non-hydrogen) atoms. The first kappa shape index (κ1) is 13.5. The summed E-state index contributed by atoms with van der Waals surface area (Å²) in [5, 5.41) is 0. The Morgan fingerprint density at radius 2 is 1.69 bits per heavy atom. The zero-order chi connectivity index (χ0) is 10.3. The van der Waals surface area contributed by atoms with Gasteiger partial charge in [-0.05, 0) is 11.8 Å². The Bertz CT molecular complexity index is 227. The monoisotopic (exact) mass is 320 g/mol. The van der Waals surface area contributed by atoms with Crippen LogP contribution in [-0.4, -0.2) is 5.51 Å². The van der Waals surface area contributed by atoms with Crippen molar-refractivity contribution in [1.29, 1.82) is 0 Å². The van der Waals surface area contributed by atoms with E-state index in [1.165, 1.54) is 40.6 Å². The summed E-state index contributed by atoms with van der Waals surface area (Å²) in [4.78, 5) is 0.191. The van der Waals surface area contributed by atoms with E-state index in [-0.39, 0.29) is 16.7 Å². The quantitative estimate of drug-likeness (QED) is 0.429.